The SMILES string of the molecule is CCCCCCC/C(C)=C(C(=O)O)/C(C)=C/C(=O)O. The van der Waals surface area contributed by atoms with Crippen molar-refractivity contribution in [2.45, 2.75) is 59.3 Å². The highest BCUT2D eigenvalue weighted by molar-refractivity contribution is 5.95. The Morgan fingerprint density at radius 2 is 1.58 bits per heavy atom. The van der Waals surface area contributed by atoms with Gasteiger partial charge < -0.3 is 10.2 Å². The molecule has 0 fully saturated rings. The minimum Gasteiger partial charge on any atom is -0.478 e. The zero-order valence-electron chi connectivity index (χ0n) is 12.0. The highest BCUT2D eigenvalue weighted by Crippen LogP contribution is 2.20. The van der Waals surface area contributed by atoms with Crippen molar-refractivity contribution in [2.24, 2.45) is 0 Å². The van der Waals surface area contributed by atoms with E-state index in [0.717, 1.165) is 30.9 Å². The van der Waals surface area contributed by atoms with Gasteiger partial charge in [-0.25, -0.2) is 9.59 Å². The van der Waals surface area contributed by atoms with E-state index in [1.54, 1.807) is 6.92 Å². The lowest BCUT2D eigenvalue weighted by Gasteiger charge is -2.08. The molecule has 4 nitrogen and oxygen atoms in total. The third-order valence-corrected chi connectivity index (χ3v) is 3.03. The van der Waals surface area contributed by atoms with Crippen molar-refractivity contribution >= 4 is 11.9 Å². The molecule has 108 valence electrons. The Balaban J connectivity index is 4.70. The van der Waals surface area contributed by atoms with Gasteiger partial charge >= 0.3 is 11.9 Å². The average Bonchev–Trinajstić information content (AvgIpc) is 2.27. The average molecular weight is 268 g/mol. The molecular formula is C15H24O4. The molecule has 0 radical (unpaired) electrons. The number of aliphatic carboxylic acids is 2. The van der Waals surface area contributed by atoms with E-state index in [0.29, 0.717) is 12.0 Å². The molecule has 19 heavy (non-hydrogen) atoms. The number of carboxylic acid groups (broad SMARTS) is 2. The van der Waals surface area contributed by atoms with Crippen LogP contribution in [0.25, 0.3) is 0 Å². The summed E-state index contributed by atoms with van der Waals surface area (Å²) in [7, 11) is 0. The van der Waals surface area contributed by atoms with E-state index >= 15 is 0 Å². The van der Waals surface area contributed by atoms with Gasteiger partial charge in [0.05, 0.1) is 5.57 Å². The lowest BCUT2D eigenvalue weighted by atomic mass is 9.97. The first-order chi connectivity index (χ1) is 8.90. The van der Waals surface area contributed by atoms with Crippen molar-refractivity contribution in [1.29, 1.82) is 0 Å². The number of rotatable bonds is 9. The van der Waals surface area contributed by atoms with Crippen molar-refractivity contribution in [3.63, 3.8) is 0 Å². The fourth-order valence-corrected chi connectivity index (χ4v) is 2.06. The molecule has 0 aliphatic carbocycles. The molecule has 0 aliphatic heterocycles. The third-order valence-electron chi connectivity index (χ3n) is 3.03. The predicted molar refractivity (Wildman–Crippen MR) is 75.1 cm³/mol. The van der Waals surface area contributed by atoms with Crippen LogP contribution in [-0.4, -0.2) is 22.2 Å². The van der Waals surface area contributed by atoms with Gasteiger partial charge in [-0.3, -0.25) is 0 Å². The quantitative estimate of drug-likeness (QED) is 0.379. The fraction of sp³-hybridized carbons (Fsp3) is 0.600. The standard InChI is InChI=1S/C15H24O4/c1-4-5-6-7-8-9-11(2)14(15(18)19)12(3)10-13(16)17/h10H,4-9H2,1-3H3,(H,16,17)(H,18,19)/b12-10+,14-11-. The Hall–Kier alpha value is -1.58. The Morgan fingerprint density at radius 1 is 1.00 bits per heavy atom. The molecule has 0 saturated heterocycles. The summed E-state index contributed by atoms with van der Waals surface area (Å²) in [6.45, 7) is 5.44. The van der Waals surface area contributed by atoms with Crippen molar-refractivity contribution in [2.75, 3.05) is 0 Å². The van der Waals surface area contributed by atoms with E-state index in [1.165, 1.54) is 19.8 Å². The van der Waals surface area contributed by atoms with Gasteiger partial charge in [-0.15, -0.1) is 0 Å². The number of hydrogen-bond donors (Lipinski definition) is 2. The Bertz CT molecular complexity index is 378. The normalized spacial score (nSPS) is 13.1. The van der Waals surface area contributed by atoms with Gasteiger partial charge in [-0.2, -0.15) is 0 Å². The maximum Gasteiger partial charge on any atom is 0.335 e. The van der Waals surface area contributed by atoms with Gasteiger partial charge in [-0.05, 0) is 32.3 Å². The van der Waals surface area contributed by atoms with Gasteiger partial charge in [0.1, 0.15) is 0 Å². The van der Waals surface area contributed by atoms with E-state index < -0.39 is 11.9 Å². The Labute approximate surface area is 114 Å². The van der Waals surface area contributed by atoms with Gasteiger partial charge in [0.25, 0.3) is 0 Å². The number of carboxylic acids is 2. The van der Waals surface area contributed by atoms with E-state index in [4.69, 9.17) is 5.11 Å². The van der Waals surface area contributed by atoms with E-state index in [9.17, 15) is 14.7 Å². The van der Waals surface area contributed by atoms with Crippen LogP contribution in [0.2, 0.25) is 0 Å². The molecular weight excluding hydrogens is 244 g/mol. The van der Waals surface area contributed by atoms with Gasteiger partial charge in [0.2, 0.25) is 0 Å². The topological polar surface area (TPSA) is 74.6 Å². The summed E-state index contributed by atoms with van der Waals surface area (Å²) in [6, 6.07) is 0. The van der Waals surface area contributed by atoms with Crippen LogP contribution in [0.15, 0.2) is 22.8 Å². The first kappa shape index (κ1) is 17.4. The number of unbranched alkanes of at least 4 members (excludes halogenated alkanes) is 4. The lowest BCUT2D eigenvalue weighted by Crippen LogP contribution is -2.06. The highest BCUT2D eigenvalue weighted by atomic mass is 16.4. The van der Waals surface area contributed by atoms with Crippen LogP contribution in [0.4, 0.5) is 0 Å². The largest absolute Gasteiger partial charge is 0.478 e. The summed E-state index contributed by atoms with van der Waals surface area (Å²) in [4.78, 5) is 21.8. The fourth-order valence-electron chi connectivity index (χ4n) is 2.06. The van der Waals surface area contributed by atoms with E-state index in [-0.39, 0.29) is 5.57 Å². The minimum atomic E-state index is -1.12. The summed E-state index contributed by atoms with van der Waals surface area (Å²) >= 11 is 0. The van der Waals surface area contributed by atoms with Crippen LogP contribution in [0.5, 0.6) is 0 Å². The van der Waals surface area contributed by atoms with Gasteiger partial charge in [0, 0.05) is 6.08 Å². The molecule has 0 unspecified atom stereocenters. The third kappa shape index (κ3) is 7.44. The molecule has 0 spiro atoms. The van der Waals surface area contributed by atoms with Crippen LogP contribution in [-0.2, 0) is 9.59 Å². The molecule has 0 aromatic rings. The van der Waals surface area contributed by atoms with Crippen LogP contribution in [0.1, 0.15) is 59.3 Å². The first-order valence-corrected chi connectivity index (χ1v) is 6.74. The van der Waals surface area contributed by atoms with Gasteiger partial charge in [0.15, 0.2) is 0 Å². The summed E-state index contributed by atoms with van der Waals surface area (Å²) in [5, 5.41) is 17.9. The maximum absolute atomic E-state index is 11.2. The summed E-state index contributed by atoms with van der Waals surface area (Å²) in [5.41, 5.74) is 1.18. The van der Waals surface area contributed by atoms with Crippen molar-refractivity contribution in [3.8, 4) is 0 Å². The molecule has 0 rings (SSSR count). The zero-order valence-corrected chi connectivity index (χ0v) is 12.0. The van der Waals surface area contributed by atoms with E-state index in [2.05, 4.69) is 6.92 Å². The van der Waals surface area contributed by atoms with Crippen molar-refractivity contribution < 1.29 is 19.8 Å². The minimum absolute atomic E-state index is 0.137. The maximum atomic E-state index is 11.2. The first-order valence-electron chi connectivity index (χ1n) is 6.74. The van der Waals surface area contributed by atoms with Crippen LogP contribution in [0.3, 0.4) is 0 Å². The monoisotopic (exact) mass is 268 g/mol. The molecule has 0 saturated carbocycles. The molecule has 0 aromatic carbocycles. The molecule has 0 amide bonds. The molecule has 0 bridgehead atoms. The highest BCUT2D eigenvalue weighted by Gasteiger charge is 2.14. The number of carbonyl (C=O) groups is 2. The van der Waals surface area contributed by atoms with Crippen LogP contribution in [0, 0.1) is 0 Å². The van der Waals surface area contributed by atoms with Crippen molar-refractivity contribution in [1.82, 2.24) is 0 Å². The summed E-state index contributed by atoms with van der Waals surface area (Å²) in [5.74, 6) is -2.17. The lowest BCUT2D eigenvalue weighted by molar-refractivity contribution is -0.132. The Morgan fingerprint density at radius 3 is 2.05 bits per heavy atom. The summed E-state index contributed by atoms with van der Waals surface area (Å²) < 4.78 is 0. The van der Waals surface area contributed by atoms with Crippen LogP contribution < -0.4 is 0 Å². The molecule has 4 heteroatoms. The Kier molecular flexibility index (Phi) is 8.58. The summed E-state index contributed by atoms with van der Waals surface area (Å²) in [6.07, 6.45) is 7.22. The number of hydrogen-bond acceptors (Lipinski definition) is 2. The molecule has 2 N–H and O–H groups in total. The van der Waals surface area contributed by atoms with E-state index in [1.807, 2.05) is 0 Å². The molecule has 0 heterocycles. The van der Waals surface area contributed by atoms with Crippen molar-refractivity contribution in [3.05, 3.63) is 22.8 Å². The predicted octanol–water partition coefficient (Wildman–Crippen LogP) is 3.78. The van der Waals surface area contributed by atoms with Gasteiger partial charge in [-0.1, -0.05) is 38.2 Å². The van der Waals surface area contributed by atoms with Crippen LogP contribution >= 0.6 is 0 Å². The second-order valence-corrected chi connectivity index (χ2v) is 4.79. The molecule has 0 atom stereocenters. The number of allylic oxidation sites excluding steroid dienone is 1. The molecule has 0 aromatic heterocycles. The second kappa shape index (κ2) is 9.36. The molecule has 0 aliphatic rings. The smallest absolute Gasteiger partial charge is 0.335 e. The zero-order chi connectivity index (χ0) is 14.8. The second-order valence-electron chi connectivity index (χ2n) is 4.79.